The summed E-state index contributed by atoms with van der Waals surface area (Å²) in [4.78, 5) is 38.6. The smallest absolute Gasteiger partial charge is 0.323 e. The average molecular weight is 360 g/mol. The van der Waals surface area contributed by atoms with Crippen LogP contribution in [0, 0.1) is 17.2 Å². The normalized spacial score (nSPS) is 26.3. The van der Waals surface area contributed by atoms with Gasteiger partial charge in [-0.05, 0) is 49.1 Å². The average Bonchev–Trinajstić information content (AvgIpc) is 2.78. The Bertz CT molecular complexity index is 746. The van der Waals surface area contributed by atoms with Crippen molar-refractivity contribution >= 4 is 17.7 Å². The van der Waals surface area contributed by atoms with Crippen LogP contribution in [0.1, 0.15) is 56.8 Å². The molecule has 0 radical (unpaired) electrons. The molecule has 1 heterocycles. The molecular formula is C20H25FN2O3. The van der Waals surface area contributed by atoms with Crippen LogP contribution >= 0.6 is 0 Å². The molecule has 1 aliphatic carbocycles. The number of carbonyl (C=O) groups is 3. The molecular weight excluding hydrogens is 335 g/mol. The van der Waals surface area contributed by atoms with Crippen molar-refractivity contribution in [1.82, 2.24) is 10.2 Å². The Kier molecular flexibility index (Phi) is 4.63. The lowest BCUT2D eigenvalue weighted by Gasteiger charge is -2.40. The molecule has 2 aliphatic rings. The van der Waals surface area contributed by atoms with Crippen molar-refractivity contribution in [2.24, 2.45) is 11.3 Å². The van der Waals surface area contributed by atoms with Crippen LogP contribution in [0.3, 0.4) is 0 Å². The van der Waals surface area contributed by atoms with Gasteiger partial charge >= 0.3 is 6.03 Å². The quantitative estimate of drug-likeness (QED) is 0.662. The van der Waals surface area contributed by atoms with Crippen molar-refractivity contribution in [2.75, 3.05) is 6.54 Å². The molecule has 1 saturated carbocycles. The second kappa shape index (κ2) is 6.49. The molecule has 0 bridgehead atoms. The van der Waals surface area contributed by atoms with Crippen LogP contribution in [0.25, 0.3) is 0 Å². The number of nitrogens with zero attached hydrogens (tertiary/aromatic N) is 1. The summed E-state index contributed by atoms with van der Waals surface area (Å²) in [5.41, 5.74) is -0.565. The van der Waals surface area contributed by atoms with Crippen LogP contribution < -0.4 is 5.32 Å². The zero-order valence-electron chi connectivity index (χ0n) is 15.5. The third kappa shape index (κ3) is 3.37. The first-order chi connectivity index (χ1) is 12.1. The van der Waals surface area contributed by atoms with Gasteiger partial charge in [0.2, 0.25) is 0 Å². The SMILES string of the molecule is CC(C)(C)C1CCC2(CC1)NC(=O)N(CC(=O)c1cccc(F)c1)C2=O. The van der Waals surface area contributed by atoms with E-state index in [9.17, 15) is 18.8 Å². The van der Waals surface area contributed by atoms with Crippen LogP contribution in [0.4, 0.5) is 9.18 Å². The van der Waals surface area contributed by atoms with E-state index >= 15 is 0 Å². The standard InChI is InChI=1S/C20H25FN2O3/c1-19(2,3)14-7-9-20(10-8-14)17(25)23(18(26)22-20)12-16(24)13-5-4-6-15(21)11-13/h4-6,11,14H,7-10,12H2,1-3H3,(H,22,26). The molecule has 2 fully saturated rings. The molecule has 140 valence electrons. The zero-order chi connectivity index (χ0) is 19.1. The number of ketones is 1. The van der Waals surface area contributed by atoms with Crippen LogP contribution in [-0.4, -0.2) is 34.7 Å². The number of benzene rings is 1. The first kappa shape index (κ1) is 18.5. The van der Waals surface area contributed by atoms with Crippen LogP contribution in [0.5, 0.6) is 0 Å². The molecule has 1 saturated heterocycles. The number of rotatable bonds is 3. The second-order valence-corrected chi connectivity index (χ2v) is 8.48. The van der Waals surface area contributed by atoms with Gasteiger partial charge in [-0.15, -0.1) is 0 Å². The fourth-order valence-corrected chi connectivity index (χ4v) is 4.03. The molecule has 26 heavy (non-hydrogen) atoms. The van der Waals surface area contributed by atoms with Crippen molar-refractivity contribution < 1.29 is 18.8 Å². The molecule has 1 aromatic carbocycles. The minimum atomic E-state index is -0.888. The van der Waals surface area contributed by atoms with E-state index in [0.717, 1.165) is 23.8 Å². The number of carbonyl (C=O) groups excluding carboxylic acids is 3. The van der Waals surface area contributed by atoms with Crippen LogP contribution in [0.15, 0.2) is 24.3 Å². The van der Waals surface area contributed by atoms with E-state index in [-0.39, 0.29) is 23.4 Å². The summed E-state index contributed by atoms with van der Waals surface area (Å²) in [5.74, 6) is -0.807. The number of hydrogen-bond donors (Lipinski definition) is 1. The Morgan fingerprint density at radius 2 is 1.92 bits per heavy atom. The largest absolute Gasteiger partial charge is 0.325 e. The molecule has 1 aromatic rings. The van der Waals surface area contributed by atoms with Gasteiger partial charge < -0.3 is 5.32 Å². The number of nitrogens with one attached hydrogen (secondary N) is 1. The molecule has 6 heteroatoms. The molecule has 3 amide bonds. The van der Waals surface area contributed by atoms with Crippen molar-refractivity contribution in [3.8, 4) is 0 Å². The minimum Gasteiger partial charge on any atom is -0.323 e. The van der Waals surface area contributed by atoms with E-state index in [4.69, 9.17) is 0 Å². The fourth-order valence-electron chi connectivity index (χ4n) is 4.03. The first-order valence-electron chi connectivity index (χ1n) is 9.05. The van der Waals surface area contributed by atoms with Gasteiger partial charge in [0.1, 0.15) is 11.4 Å². The van der Waals surface area contributed by atoms with Crippen molar-refractivity contribution in [3.63, 3.8) is 0 Å². The first-order valence-corrected chi connectivity index (χ1v) is 9.05. The van der Waals surface area contributed by atoms with Crippen LogP contribution in [-0.2, 0) is 4.79 Å². The summed E-state index contributed by atoms with van der Waals surface area (Å²) in [5, 5.41) is 2.82. The summed E-state index contributed by atoms with van der Waals surface area (Å²) in [6.45, 7) is 6.20. The Hall–Kier alpha value is -2.24. The van der Waals surface area contributed by atoms with Crippen molar-refractivity contribution in [2.45, 2.75) is 52.0 Å². The molecule has 3 rings (SSSR count). The molecule has 0 unspecified atom stereocenters. The molecule has 0 atom stereocenters. The van der Waals surface area contributed by atoms with Gasteiger partial charge in [0, 0.05) is 5.56 Å². The Balaban J connectivity index is 1.71. The number of hydrogen-bond acceptors (Lipinski definition) is 3. The Morgan fingerprint density at radius 1 is 1.27 bits per heavy atom. The number of urea groups is 1. The summed E-state index contributed by atoms with van der Waals surface area (Å²) < 4.78 is 13.3. The van der Waals surface area contributed by atoms with Crippen molar-refractivity contribution in [1.29, 1.82) is 0 Å². The maximum atomic E-state index is 13.3. The van der Waals surface area contributed by atoms with Crippen LogP contribution in [0.2, 0.25) is 0 Å². The van der Waals surface area contributed by atoms with Gasteiger partial charge in [-0.2, -0.15) is 0 Å². The third-order valence-corrected chi connectivity index (χ3v) is 5.76. The number of imide groups is 1. The number of halogens is 1. The van der Waals surface area contributed by atoms with Gasteiger partial charge in [-0.25, -0.2) is 9.18 Å². The maximum absolute atomic E-state index is 13.3. The van der Waals surface area contributed by atoms with Gasteiger partial charge in [0.25, 0.3) is 5.91 Å². The summed E-state index contributed by atoms with van der Waals surface area (Å²) >= 11 is 0. The fraction of sp³-hybridized carbons (Fsp3) is 0.550. The topological polar surface area (TPSA) is 66.5 Å². The third-order valence-electron chi connectivity index (χ3n) is 5.76. The maximum Gasteiger partial charge on any atom is 0.325 e. The Labute approximate surface area is 152 Å². The number of Topliss-reactive ketones (excluding diaryl/α,β-unsaturated/α-hetero) is 1. The molecule has 0 aromatic heterocycles. The predicted octanol–water partition coefficient (Wildman–Crippen LogP) is 3.54. The van der Waals surface area contributed by atoms with E-state index in [2.05, 4.69) is 26.1 Å². The second-order valence-electron chi connectivity index (χ2n) is 8.48. The summed E-state index contributed by atoms with van der Waals surface area (Å²) in [6, 6.07) is 4.74. The van der Waals surface area contributed by atoms with Gasteiger partial charge in [0.05, 0.1) is 6.54 Å². The monoisotopic (exact) mass is 360 g/mol. The molecule has 1 aliphatic heterocycles. The lowest BCUT2D eigenvalue weighted by molar-refractivity contribution is -0.132. The van der Waals surface area contributed by atoms with E-state index in [1.54, 1.807) is 0 Å². The van der Waals surface area contributed by atoms with E-state index < -0.39 is 23.2 Å². The highest BCUT2D eigenvalue weighted by Gasteiger charge is 2.53. The predicted molar refractivity (Wildman–Crippen MR) is 95.1 cm³/mol. The summed E-state index contributed by atoms with van der Waals surface area (Å²) in [7, 11) is 0. The van der Waals surface area contributed by atoms with Gasteiger partial charge in [0.15, 0.2) is 5.78 Å². The van der Waals surface area contributed by atoms with E-state index in [1.807, 2.05) is 0 Å². The zero-order valence-corrected chi connectivity index (χ0v) is 15.5. The highest BCUT2D eigenvalue weighted by Crippen LogP contribution is 2.43. The Morgan fingerprint density at radius 3 is 2.50 bits per heavy atom. The lowest BCUT2D eigenvalue weighted by atomic mass is 9.67. The highest BCUT2D eigenvalue weighted by molar-refractivity contribution is 6.11. The summed E-state index contributed by atoms with van der Waals surface area (Å²) in [6.07, 6.45) is 2.90. The van der Waals surface area contributed by atoms with Gasteiger partial charge in [-0.1, -0.05) is 32.9 Å². The molecule has 1 N–H and O–H groups in total. The minimum absolute atomic E-state index is 0.156. The van der Waals surface area contributed by atoms with Crippen molar-refractivity contribution in [3.05, 3.63) is 35.6 Å². The molecule has 1 spiro atoms. The van der Waals surface area contributed by atoms with E-state index in [1.165, 1.54) is 18.2 Å². The highest BCUT2D eigenvalue weighted by atomic mass is 19.1. The van der Waals surface area contributed by atoms with Gasteiger partial charge in [-0.3, -0.25) is 14.5 Å². The number of amides is 3. The molecule has 5 nitrogen and oxygen atoms in total. The lowest BCUT2D eigenvalue weighted by Crippen LogP contribution is -2.50. The van der Waals surface area contributed by atoms with E-state index in [0.29, 0.717) is 18.8 Å².